The van der Waals surface area contributed by atoms with E-state index in [-0.39, 0.29) is 49.7 Å². The molecule has 2 saturated carbocycles. The smallest absolute Gasteiger partial charge is 0.437 e. The maximum Gasteiger partial charge on any atom is 0.437 e. The highest BCUT2D eigenvalue weighted by molar-refractivity contribution is 7.91. The Morgan fingerprint density at radius 1 is 1.07 bits per heavy atom. The first-order valence-corrected chi connectivity index (χ1v) is 22.8. The molecule has 332 valence electrons. The summed E-state index contributed by atoms with van der Waals surface area (Å²) in [6.07, 6.45) is 3.71. The van der Waals surface area contributed by atoms with E-state index in [0.717, 1.165) is 30.8 Å². The minimum absolute atomic E-state index is 0.0533. The number of rotatable bonds is 8. The largest absolute Gasteiger partial charge is 0.492 e. The topological polar surface area (TPSA) is 197 Å². The molecule has 1 aromatic carbocycles. The average Bonchev–Trinajstić information content (AvgIpc) is 4.10. The van der Waals surface area contributed by atoms with Crippen LogP contribution in [0.25, 0.3) is 10.9 Å². The van der Waals surface area contributed by atoms with Crippen LogP contribution >= 0.6 is 0 Å². The third-order valence-electron chi connectivity index (χ3n) is 13.5. The van der Waals surface area contributed by atoms with Crippen LogP contribution in [-0.2, 0) is 37.0 Å². The summed E-state index contributed by atoms with van der Waals surface area (Å²) in [5.74, 6) is -3.16. The second kappa shape index (κ2) is 16.2. The molecule has 4 aliphatic heterocycles. The van der Waals surface area contributed by atoms with Crippen LogP contribution in [0.4, 0.5) is 18.0 Å². The molecule has 1 spiro atoms. The third-order valence-corrected chi connectivity index (χ3v) is 15.6. The number of ether oxygens (including phenoxy) is 2. The molecule has 4 fully saturated rings. The number of carbonyl (C=O) groups excluding carboxylic acids is 3. The molecule has 5 atom stereocenters. The zero-order valence-electron chi connectivity index (χ0n) is 34.2. The maximum absolute atomic E-state index is 14.9. The van der Waals surface area contributed by atoms with Crippen LogP contribution in [-0.4, -0.2) is 113 Å². The first-order valence-electron chi connectivity index (χ1n) is 21.4. The number of aryl methyl sites for hydroxylation is 1. The number of sulfonamides is 1. The fourth-order valence-corrected chi connectivity index (χ4v) is 10.7. The Balaban J connectivity index is 1.12. The fourth-order valence-electron chi connectivity index (χ4n) is 9.42. The van der Waals surface area contributed by atoms with Gasteiger partial charge in [0.15, 0.2) is 11.4 Å². The predicted octanol–water partition coefficient (Wildman–Crippen LogP) is 4.81. The van der Waals surface area contributed by atoms with Crippen LogP contribution in [0.1, 0.15) is 102 Å². The molecule has 2 aromatic rings. The van der Waals surface area contributed by atoms with E-state index >= 15 is 0 Å². The second-order valence-corrected chi connectivity index (χ2v) is 20.1. The number of likely N-dealkylation sites (tertiary alicyclic amines) is 1. The van der Waals surface area contributed by atoms with Crippen molar-refractivity contribution in [3.05, 3.63) is 41.6 Å². The quantitative estimate of drug-likeness (QED) is 0.266. The van der Waals surface area contributed by atoms with E-state index < -0.39 is 85.3 Å². The number of amides is 4. The highest BCUT2D eigenvalue weighted by Gasteiger charge is 2.64. The van der Waals surface area contributed by atoms with Crippen molar-refractivity contribution in [3.8, 4) is 11.5 Å². The van der Waals surface area contributed by atoms with Crippen molar-refractivity contribution in [1.82, 2.24) is 30.1 Å². The molecule has 5 heterocycles. The molecule has 0 bridgehead atoms. The van der Waals surface area contributed by atoms with Crippen molar-refractivity contribution in [1.29, 1.82) is 0 Å². The van der Waals surface area contributed by atoms with Gasteiger partial charge in [-0.1, -0.05) is 31.4 Å². The Bertz CT molecular complexity index is 2230. The zero-order valence-corrected chi connectivity index (χ0v) is 35.0. The summed E-state index contributed by atoms with van der Waals surface area (Å²) in [5.41, 5.74) is -4.14. The zero-order chi connectivity index (χ0) is 43.4. The molecule has 0 radical (unpaired) electrons. The van der Waals surface area contributed by atoms with Gasteiger partial charge in [-0.05, 0) is 102 Å². The molecule has 4 N–H and O–H groups in total. The Kier molecular flexibility index (Phi) is 11.4. The van der Waals surface area contributed by atoms with E-state index in [1.807, 2.05) is 6.08 Å². The number of nitrogens with one attached hydrogen (secondary N) is 3. The number of allylic oxidation sites excluding steroid dienone is 1. The molecule has 0 unspecified atom stereocenters. The van der Waals surface area contributed by atoms with Crippen molar-refractivity contribution in [2.75, 3.05) is 32.8 Å². The van der Waals surface area contributed by atoms with Crippen LogP contribution in [0.15, 0.2) is 30.4 Å². The maximum atomic E-state index is 14.9. The van der Waals surface area contributed by atoms with Crippen LogP contribution < -0.4 is 24.8 Å². The summed E-state index contributed by atoms with van der Waals surface area (Å²) in [7, 11) is -4.10. The van der Waals surface area contributed by atoms with Crippen molar-refractivity contribution < 1.29 is 55.3 Å². The Labute approximate surface area is 352 Å². The molecule has 2 saturated heterocycles. The number of fused-ring (bicyclic) bond motifs is 5. The molecule has 61 heavy (non-hydrogen) atoms. The number of hydrogen-bond donors (Lipinski definition) is 4. The Morgan fingerprint density at radius 2 is 1.82 bits per heavy atom. The lowest BCUT2D eigenvalue weighted by Gasteiger charge is -2.37. The van der Waals surface area contributed by atoms with Gasteiger partial charge in [0, 0.05) is 29.8 Å². The number of halogens is 3. The van der Waals surface area contributed by atoms with Gasteiger partial charge in [0.1, 0.15) is 35.6 Å². The number of benzene rings is 1. The fraction of sp³-hybridized carbons (Fsp3) is 0.643. The van der Waals surface area contributed by atoms with Crippen LogP contribution in [0.5, 0.6) is 11.5 Å². The number of nitrogens with zero attached hydrogens (tertiary/aromatic N) is 3. The van der Waals surface area contributed by atoms with Gasteiger partial charge in [0.05, 0.1) is 16.8 Å². The predicted molar refractivity (Wildman–Crippen MR) is 215 cm³/mol. The molecular weight excluding hydrogens is 822 g/mol. The summed E-state index contributed by atoms with van der Waals surface area (Å²) >= 11 is 0. The first kappa shape index (κ1) is 43.0. The molecule has 15 nitrogen and oxygen atoms in total. The number of carboxylic acid groups (broad SMARTS) is 1. The van der Waals surface area contributed by atoms with E-state index in [9.17, 15) is 45.9 Å². The number of pyridine rings is 1. The van der Waals surface area contributed by atoms with E-state index in [1.165, 1.54) is 19.4 Å². The number of aromatic nitrogens is 1. The highest BCUT2D eigenvalue weighted by Crippen LogP contribution is 2.50. The molecule has 19 heteroatoms. The van der Waals surface area contributed by atoms with Crippen molar-refractivity contribution in [2.24, 2.45) is 5.92 Å². The number of carbonyl (C=O) groups is 4. The third kappa shape index (κ3) is 8.73. The van der Waals surface area contributed by atoms with Gasteiger partial charge in [-0.2, -0.15) is 13.2 Å². The van der Waals surface area contributed by atoms with Crippen molar-refractivity contribution >= 4 is 44.7 Å². The Hall–Kier alpha value is -4.65. The second-order valence-electron chi connectivity index (χ2n) is 17.9. The Morgan fingerprint density at radius 3 is 2.54 bits per heavy atom. The van der Waals surface area contributed by atoms with Gasteiger partial charge in [-0.25, -0.2) is 18.2 Å². The molecule has 8 rings (SSSR count). The van der Waals surface area contributed by atoms with E-state index in [1.54, 1.807) is 18.2 Å². The summed E-state index contributed by atoms with van der Waals surface area (Å²) in [6.45, 7) is 4.22. The van der Waals surface area contributed by atoms with Gasteiger partial charge in [0.25, 0.3) is 5.91 Å². The van der Waals surface area contributed by atoms with Crippen LogP contribution in [0.3, 0.4) is 0 Å². The number of hydrogen-bond acceptors (Lipinski definition) is 10. The molecule has 4 amide bonds. The summed E-state index contributed by atoms with van der Waals surface area (Å²) in [5, 5.41) is 15.2. The number of alkyl halides is 3. The molecule has 6 aliphatic rings. The normalized spacial score (nSPS) is 29.2. The van der Waals surface area contributed by atoms with E-state index in [2.05, 4.69) is 25.2 Å². The van der Waals surface area contributed by atoms with E-state index in [4.69, 9.17) is 9.47 Å². The summed E-state index contributed by atoms with van der Waals surface area (Å²) in [6, 6.07) is 2.02. The van der Waals surface area contributed by atoms with Gasteiger partial charge in [0.2, 0.25) is 21.8 Å². The van der Waals surface area contributed by atoms with Crippen LogP contribution in [0.2, 0.25) is 0 Å². The van der Waals surface area contributed by atoms with Gasteiger partial charge >= 0.3 is 12.3 Å². The SMILES string of the molecule is CC1(S(=O)(=O)NC(=O)[C@@]23C[C@H]2C=CCCCCC[C@H](NC(=O)O)C(=O)N2C[C@@]4(CCc5c(c(C(F)(F)F)nc6ccc(OCCN7CCCCC7)cc56)O4)C[C@H]2C(=O)N3)CC1. The molecule has 2 aliphatic carbocycles. The lowest BCUT2D eigenvalue weighted by Crippen LogP contribution is -2.58. The van der Waals surface area contributed by atoms with Crippen molar-refractivity contribution in [2.45, 2.75) is 131 Å². The lowest BCUT2D eigenvalue weighted by atomic mass is 9.87. The van der Waals surface area contributed by atoms with Gasteiger partial charge in [-0.15, -0.1) is 0 Å². The van der Waals surface area contributed by atoms with Crippen LogP contribution in [0, 0.1) is 5.92 Å². The monoisotopic (exact) mass is 874 g/mol. The average molecular weight is 875 g/mol. The van der Waals surface area contributed by atoms with Gasteiger partial charge in [-0.3, -0.25) is 24.0 Å². The number of piperidine rings is 1. The summed E-state index contributed by atoms with van der Waals surface area (Å²) in [4.78, 5) is 62.3. The standard InChI is InChI=1S/C42H53F3N6O9S/c1-39(16-17-39)61(57,58)49-37(54)41-23-26(41)10-6-3-2-4-7-11-31(47-38(55)56)36(53)51-25-40(24-32(51)35(52)48-41)15-14-28-29-22-27(59-21-20-50-18-8-5-9-19-50)12-13-30(29)46-34(33(28)60-40)42(43,44)45/h6,10,12-13,22,26,31-32,47H,2-5,7-9,11,14-21,23-25H2,1H3,(H,48,52)(H,49,54)(H,55,56)/t26-,31+,32+,40-,41-/m1/s1. The lowest BCUT2D eigenvalue weighted by molar-refractivity contribution is -0.144. The molecule has 1 aromatic heterocycles. The molecular formula is C42H53F3N6O9S. The minimum atomic E-state index is -4.95. The van der Waals surface area contributed by atoms with Gasteiger partial charge < -0.3 is 30.1 Å². The van der Waals surface area contributed by atoms with E-state index in [0.29, 0.717) is 62.8 Å². The first-order chi connectivity index (χ1) is 28.9. The minimum Gasteiger partial charge on any atom is -0.492 e. The highest BCUT2D eigenvalue weighted by atomic mass is 32.2. The summed E-state index contributed by atoms with van der Waals surface area (Å²) < 4.78 is 84.5. The van der Waals surface area contributed by atoms with Crippen molar-refractivity contribution in [3.63, 3.8) is 0 Å².